The van der Waals surface area contributed by atoms with Gasteiger partial charge in [-0.25, -0.2) is 0 Å². The fraction of sp³-hybridized carbons (Fsp3) is 0.750. The Kier molecular flexibility index (Phi) is 5.01. The second-order valence-corrected chi connectivity index (χ2v) is 9.03. The Morgan fingerprint density at radius 2 is 1.71 bits per heavy atom. The van der Waals surface area contributed by atoms with Crippen molar-refractivity contribution in [2.45, 2.75) is 71.1 Å². The predicted octanol–water partition coefficient (Wildman–Crippen LogP) is 2.82. The van der Waals surface area contributed by atoms with Crippen LogP contribution in [0.2, 0.25) is 0 Å². The van der Waals surface area contributed by atoms with Gasteiger partial charge in [0.25, 0.3) is 0 Å². The highest BCUT2D eigenvalue weighted by Gasteiger charge is 2.40. The molecule has 2 saturated heterocycles. The molecule has 0 spiro atoms. The first-order chi connectivity index (χ1) is 11.2. The van der Waals surface area contributed by atoms with E-state index in [1.807, 2.05) is 12.3 Å². The van der Waals surface area contributed by atoms with E-state index in [-0.39, 0.29) is 11.1 Å². The molecule has 4 nitrogen and oxygen atoms in total. The smallest absolute Gasteiger partial charge is 0.0573 e. The Labute approximate surface area is 147 Å². The monoisotopic (exact) mass is 330 g/mol. The summed E-state index contributed by atoms with van der Waals surface area (Å²) in [5.74, 6) is 0. The highest BCUT2D eigenvalue weighted by atomic mass is 15.3. The van der Waals surface area contributed by atoms with Crippen LogP contribution in [-0.4, -0.2) is 58.1 Å². The number of rotatable bonds is 3. The SMILES string of the molecule is Cc1cccnc1CN1CCN(C2CC(C)(C)NC(C)(C)C2)CC1. The summed E-state index contributed by atoms with van der Waals surface area (Å²) in [4.78, 5) is 9.84. The molecule has 134 valence electrons. The highest BCUT2D eigenvalue weighted by molar-refractivity contribution is 5.17. The first kappa shape index (κ1) is 17.8. The largest absolute Gasteiger partial charge is 0.307 e. The van der Waals surface area contributed by atoms with Crippen molar-refractivity contribution in [1.82, 2.24) is 20.1 Å². The zero-order valence-electron chi connectivity index (χ0n) is 16.1. The van der Waals surface area contributed by atoms with Gasteiger partial charge in [-0.15, -0.1) is 0 Å². The van der Waals surface area contributed by atoms with Gasteiger partial charge in [-0.1, -0.05) is 6.07 Å². The number of hydrogen-bond acceptors (Lipinski definition) is 4. The van der Waals surface area contributed by atoms with Gasteiger partial charge in [0.05, 0.1) is 5.69 Å². The fourth-order valence-corrected chi connectivity index (χ4v) is 4.71. The average Bonchev–Trinajstić information content (AvgIpc) is 2.47. The predicted molar refractivity (Wildman–Crippen MR) is 100 cm³/mol. The van der Waals surface area contributed by atoms with Gasteiger partial charge in [-0.3, -0.25) is 14.8 Å². The zero-order valence-corrected chi connectivity index (χ0v) is 16.1. The van der Waals surface area contributed by atoms with Gasteiger partial charge in [-0.2, -0.15) is 0 Å². The van der Waals surface area contributed by atoms with E-state index >= 15 is 0 Å². The van der Waals surface area contributed by atoms with Crippen LogP contribution in [0.5, 0.6) is 0 Å². The molecule has 0 atom stereocenters. The van der Waals surface area contributed by atoms with Gasteiger partial charge in [-0.05, 0) is 59.1 Å². The third-order valence-electron chi connectivity index (χ3n) is 5.58. The molecule has 0 radical (unpaired) electrons. The quantitative estimate of drug-likeness (QED) is 0.923. The van der Waals surface area contributed by atoms with Crippen molar-refractivity contribution in [2.24, 2.45) is 0 Å². The lowest BCUT2D eigenvalue weighted by atomic mass is 9.79. The summed E-state index contributed by atoms with van der Waals surface area (Å²) in [6.45, 7) is 17.2. The summed E-state index contributed by atoms with van der Waals surface area (Å²) >= 11 is 0. The Morgan fingerprint density at radius 3 is 2.29 bits per heavy atom. The topological polar surface area (TPSA) is 31.4 Å². The van der Waals surface area contributed by atoms with Crippen molar-refractivity contribution in [3.63, 3.8) is 0 Å². The molecule has 0 aliphatic carbocycles. The molecular formula is C20H34N4. The summed E-state index contributed by atoms with van der Waals surface area (Å²) in [5.41, 5.74) is 3.00. The van der Waals surface area contributed by atoms with Gasteiger partial charge in [0, 0.05) is 56.0 Å². The molecule has 1 aromatic rings. The fourth-order valence-electron chi connectivity index (χ4n) is 4.71. The third kappa shape index (κ3) is 4.35. The van der Waals surface area contributed by atoms with Crippen LogP contribution in [0.15, 0.2) is 18.3 Å². The number of nitrogens with one attached hydrogen (secondary N) is 1. The standard InChI is InChI=1S/C20H34N4/c1-16-7-6-8-21-18(16)15-23-9-11-24(12-10-23)17-13-19(2,3)22-20(4,5)14-17/h6-8,17,22H,9-15H2,1-5H3. The Balaban J connectivity index is 1.56. The minimum atomic E-state index is 0.231. The summed E-state index contributed by atoms with van der Waals surface area (Å²) in [6.07, 6.45) is 4.41. The number of aryl methyl sites for hydroxylation is 1. The molecule has 1 aromatic heterocycles. The molecule has 4 heteroatoms. The van der Waals surface area contributed by atoms with Crippen LogP contribution in [0.4, 0.5) is 0 Å². The van der Waals surface area contributed by atoms with Gasteiger partial charge >= 0.3 is 0 Å². The van der Waals surface area contributed by atoms with Crippen LogP contribution in [0.25, 0.3) is 0 Å². The normalized spacial score (nSPS) is 25.7. The van der Waals surface area contributed by atoms with Crippen molar-refractivity contribution in [3.05, 3.63) is 29.6 Å². The van der Waals surface area contributed by atoms with Crippen LogP contribution in [0.1, 0.15) is 51.8 Å². The second kappa shape index (κ2) is 6.74. The minimum Gasteiger partial charge on any atom is -0.307 e. The van der Waals surface area contributed by atoms with Crippen molar-refractivity contribution in [2.75, 3.05) is 26.2 Å². The Hall–Kier alpha value is -0.970. The maximum atomic E-state index is 4.56. The molecule has 2 fully saturated rings. The first-order valence-electron chi connectivity index (χ1n) is 9.40. The second-order valence-electron chi connectivity index (χ2n) is 9.03. The molecule has 3 heterocycles. The van der Waals surface area contributed by atoms with E-state index in [9.17, 15) is 0 Å². The van der Waals surface area contributed by atoms with Crippen molar-refractivity contribution in [3.8, 4) is 0 Å². The summed E-state index contributed by atoms with van der Waals surface area (Å²) in [5, 5.41) is 3.80. The molecule has 0 unspecified atom stereocenters. The van der Waals surface area contributed by atoms with E-state index in [0.29, 0.717) is 6.04 Å². The number of hydrogen-bond donors (Lipinski definition) is 1. The van der Waals surface area contributed by atoms with Crippen LogP contribution >= 0.6 is 0 Å². The lowest BCUT2D eigenvalue weighted by molar-refractivity contribution is 0.0300. The molecule has 2 aliphatic heterocycles. The van der Waals surface area contributed by atoms with E-state index in [1.165, 1.54) is 37.2 Å². The van der Waals surface area contributed by atoms with Crippen LogP contribution in [0.3, 0.4) is 0 Å². The highest BCUT2D eigenvalue weighted by Crippen LogP contribution is 2.32. The maximum Gasteiger partial charge on any atom is 0.0573 e. The Bertz CT molecular complexity index is 543. The van der Waals surface area contributed by atoms with Crippen LogP contribution < -0.4 is 5.32 Å². The molecule has 1 N–H and O–H groups in total. The Morgan fingerprint density at radius 1 is 1.08 bits per heavy atom. The molecule has 0 bridgehead atoms. The van der Waals surface area contributed by atoms with E-state index in [1.54, 1.807) is 0 Å². The molecule has 24 heavy (non-hydrogen) atoms. The number of pyridine rings is 1. The van der Waals surface area contributed by atoms with Crippen LogP contribution in [-0.2, 0) is 6.54 Å². The van der Waals surface area contributed by atoms with Gasteiger partial charge in [0.1, 0.15) is 0 Å². The summed E-state index contributed by atoms with van der Waals surface area (Å²) in [7, 11) is 0. The number of aromatic nitrogens is 1. The first-order valence-corrected chi connectivity index (χ1v) is 9.40. The summed E-state index contributed by atoms with van der Waals surface area (Å²) < 4.78 is 0. The average molecular weight is 331 g/mol. The maximum absolute atomic E-state index is 4.56. The van der Waals surface area contributed by atoms with Crippen LogP contribution in [0, 0.1) is 6.92 Å². The molecule has 0 saturated carbocycles. The zero-order chi connectivity index (χ0) is 17.4. The number of piperazine rings is 1. The lowest BCUT2D eigenvalue weighted by Gasteiger charge is -2.51. The minimum absolute atomic E-state index is 0.231. The number of nitrogens with zero attached hydrogens (tertiary/aromatic N) is 3. The molecule has 0 amide bonds. The van der Waals surface area contributed by atoms with Crippen molar-refractivity contribution < 1.29 is 0 Å². The molecule has 0 aromatic carbocycles. The van der Waals surface area contributed by atoms with Gasteiger partial charge in [0.2, 0.25) is 0 Å². The van der Waals surface area contributed by atoms with E-state index in [0.717, 1.165) is 19.6 Å². The molecular weight excluding hydrogens is 296 g/mol. The van der Waals surface area contributed by atoms with E-state index < -0.39 is 0 Å². The van der Waals surface area contributed by atoms with Gasteiger partial charge < -0.3 is 5.32 Å². The summed E-state index contributed by atoms with van der Waals surface area (Å²) in [6, 6.07) is 4.89. The van der Waals surface area contributed by atoms with E-state index in [2.05, 4.69) is 60.8 Å². The van der Waals surface area contributed by atoms with Crippen molar-refractivity contribution >= 4 is 0 Å². The van der Waals surface area contributed by atoms with Crippen molar-refractivity contribution in [1.29, 1.82) is 0 Å². The lowest BCUT2D eigenvalue weighted by Crippen LogP contribution is -2.63. The molecule has 2 aliphatic rings. The molecule has 3 rings (SSSR count). The van der Waals surface area contributed by atoms with E-state index in [4.69, 9.17) is 0 Å². The number of piperidine rings is 1. The third-order valence-corrected chi connectivity index (χ3v) is 5.58. The van der Waals surface area contributed by atoms with Gasteiger partial charge in [0.15, 0.2) is 0 Å².